The normalized spacial score (nSPS) is 12.2. The molecule has 2 heterocycles. The molecule has 7 nitrogen and oxygen atoms in total. The fraction of sp³-hybridized carbons (Fsp3) is 0.200. The summed E-state index contributed by atoms with van der Waals surface area (Å²) in [4.78, 5) is 17.1. The first-order valence-corrected chi connectivity index (χ1v) is 8.81. The SMILES string of the molecule is CCOC(=O)c1nnn2c1c(NC(C)c1ccccc1)nc1ccccc12. The zero-order valence-corrected chi connectivity index (χ0v) is 15.1. The maximum Gasteiger partial charge on any atom is 0.361 e. The van der Waals surface area contributed by atoms with E-state index < -0.39 is 5.97 Å². The van der Waals surface area contributed by atoms with Gasteiger partial charge in [0.25, 0.3) is 0 Å². The Bertz CT molecular complexity index is 1110. The molecule has 0 aliphatic carbocycles. The summed E-state index contributed by atoms with van der Waals surface area (Å²) in [6, 6.07) is 17.6. The van der Waals surface area contributed by atoms with Crippen molar-refractivity contribution in [1.29, 1.82) is 0 Å². The molecule has 7 heteroatoms. The number of anilines is 1. The van der Waals surface area contributed by atoms with Crippen LogP contribution in [0, 0.1) is 0 Å². The van der Waals surface area contributed by atoms with Crippen LogP contribution in [0.2, 0.25) is 0 Å². The van der Waals surface area contributed by atoms with Crippen molar-refractivity contribution in [2.45, 2.75) is 19.9 Å². The summed E-state index contributed by atoms with van der Waals surface area (Å²) in [5, 5.41) is 11.6. The molecule has 1 N–H and O–H groups in total. The lowest BCUT2D eigenvalue weighted by molar-refractivity contribution is 0.0521. The molecular formula is C20H19N5O2. The smallest absolute Gasteiger partial charge is 0.361 e. The Hall–Kier alpha value is -3.48. The molecule has 0 aliphatic rings. The van der Waals surface area contributed by atoms with Gasteiger partial charge in [-0.2, -0.15) is 0 Å². The topological polar surface area (TPSA) is 81.4 Å². The maximum atomic E-state index is 12.4. The predicted molar refractivity (Wildman–Crippen MR) is 103 cm³/mol. The van der Waals surface area contributed by atoms with Crippen molar-refractivity contribution in [3.8, 4) is 0 Å². The van der Waals surface area contributed by atoms with Gasteiger partial charge in [0.2, 0.25) is 5.69 Å². The number of rotatable bonds is 5. The third-order valence-electron chi connectivity index (χ3n) is 4.36. The molecular weight excluding hydrogens is 342 g/mol. The van der Waals surface area contributed by atoms with Crippen LogP contribution in [0.4, 0.5) is 5.82 Å². The van der Waals surface area contributed by atoms with Gasteiger partial charge in [-0.3, -0.25) is 0 Å². The van der Waals surface area contributed by atoms with E-state index >= 15 is 0 Å². The van der Waals surface area contributed by atoms with E-state index in [0.29, 0.717) is 11.3 Å². The number of benzene rings is 2. The molecule has 2 aromatic heterocycles. The van der Waals surface area contributed by atoms with Crippen LogP contribution in [-0.2, 0) is 4.74 Å². The molecule has 1 atom stereocenters. The molecule has 4 aromatic rings. The summed E-state index contributed by atoms with van der Waals surface area (Å²) in [5.41, 5.74) is 3.30. The molecule has 0 radical (unpaired) electrons. The van der Waals surface area contributed by atoms with Crippen molar-refractivity contribution in [3.63, 3.8) is 0 Å². The molecule has 0 aliphatic heterocycles. The van der Waals surface area contributed by atoms with E-state index in [2.05, 4.69) is 15.6 Å². The third-order valence-corrected chi connectivity index (χ3v) is 4.36. The van der Waals surface area contributed by atoms with Crippen LogP contribution in [0.1, 0.15) is 35.9 Å². The van der Waals surface area contributed by atoms with Crippen LogP contribution >= 0.6 is 0 Å². The van der Waals surface area contributed by atoms with Gasteiger partial charge in [-0.1, -0.05) is 47.7 Å². The fourth-order valence-corrected chi connectivity index (χ4v) is 3.04. The van der Waals surface area contributed by atoms with Crippen LogP contribution in [0.5, 0.6) is 0 Å². The van der Waals surface area contributed by atoms with Gasteiger partial charge in [0.1, 0.15) is 5.52 Å². The number of carbonyl (C=O) groups excluding carboxylic acids is 1. The Morgan fingerprint density at radius 3 is 2.67 bits per heavy atom. The molecule has 27 heavy (non-hydrogen) atoms. The molecule has 0 bridgehead atoms. The number of hydrogen-bond donors (Lipinski definition) is 1. The van der Waals surface area contributed by atoms with Gasteiger partial charge in [-0.05, 0) is 31.5 Å². The minimum Gasteiger partial charge on any atom is -0.461 e. The number of carbonyl (C=O) groups is 1. The van der Waals surface area contributed by atoms with Crippen molar-refractivity contribution < 1.29 is 9.53 Å². The molecule has 1 unspecified atom stereocenters. The maximum absolute atomic E-state index is 12.4. The molecule has 0 fully saturated rings. The summed E-state index contributed by atoms with van der Waals surface area (Å²) in [7, 11) is 0. The van der Waals surface area contributed by atoms with Crippen molar-refractivity contribution in [3.05, 3.63) is 65.9 Å². The van der Waals surface area contributed by atoms with Crippen molar-refractivity contribution >= 4 is 28.3 Å². The Kier molecular flexibility index (Phi) is 4.42. The Morgan fingerprint density at radius 2 is 1.89 bits per heavy atom. The van der Waals surface area contributed by atoms with E-state index in [1.165, 1.54) is 0 Å². The second-order valence-electron chi connectivity index (χ2n) is 6.14. The lowest BCUT2D eigenvalue weighted by Gasteiger charge is -2.16. The van der Waals surface area contributed by atoms with Crippen LogP contribution in [0.3, 0.4) is 0 Å². The van der Waals surface area contributed by atoms with Gasteiger partial charge in [-0.25, -0.2) is 14.3 Å². The van der Waals surface area contributed by atoms with Gasteiger partial charge in [0.05, 0.1) is 23.7 Å². The molecule has 4 rings (SSSR count). The van der Waals surface area contributed by atoms with E-state index in [1.54, 1.807) is 11.4 Å². The highest BCUT2D eigenvalue weighted by atomic mass is 16.5. The Labute approximate surface area is 156 Å². The van der Waals surface area contributed by atoms with E-state index in [0.717, 1.165) is 16.6 Å². The van der Waals surface area contributed by atoms with Crippen LogP contribution in [0.15, 0.2) is 54.6 Å². The van der Waals surface area contributed by atoms with Crippen LogP contribution in [0.25, 0.3) is 16.6 Å². The average Bonchev–Trinajstić information content (AvgIpc) is 3.15. The largest absolute Gasteiger partial charge is 0.461 e. The number of esters is 1. The quantitative estimate of drug-likeness (QED) is 0.547. The number of nitrogens with one attached hydrogen (secondary N) is 1. The molecule has 2 aromatic carbocycles. The summed E-state index contributed by atoms with van der Waals surface area (Å²) in [6.45, 7) is 4.06. The predicted octanol–water partition coefficient (Wildman–Crippen LogP) is 3.63. The van der Waals surface area contributed by atoms with Crippen molar-refractivity contribution in [2.24, 2.45) is 0 Å². The molecule has 0 saturated heterocycles. The standard InChI is InChI=1S/C20H19N5O2/c1-3-27-20(26)17-18-19(21-13(2)14-9-5-4-6-10-14)22-15-11-7-8-12-16(15)25(18)24-23-17/h4-13H,3H2,1-2H3,(H,21,22). The fourth-order valence-electron chi connectivity index (χ4n) is 3.04. The second-order valence-corrected chi connectivity index (χ2v) is 6.14. The zero-order valence-electron chi connectivity index (χ0n) is 15.1. The third kappa shape index (κ3) is 3.08. The molecule has 0 spiro atoms. The minimum absolute atomic E-state index is 0.0198. The lowest BCUT2D eigenvalue weighted by Crippen LogP contribution is -2.12. The monoisotopic (exact) mass is 361 g/mol. The number of nitrogens with zero attached hydrogens (tertiary/aromatic N) is 4. The number of aromatic nitrogens is 4. The zero-order chi connectivity index (χ0) is 18.8. The van der Waals surface area contributed by atoms with E-state index in [4.69, 9.17) is 9.72 Å². The second kappa shape index (κ2) is 7.03. The van der Waals surface area contributed by atoms with Crippen LogP contribution in [-0.4, -0.2) is 32.4 Å². The van der Waals surface area contributed by atoms with Gasteiger partial charge in [0.15, 0.2) is 5.82 Å². The van der Waals surface area contributed by atoms with Crippen LogP contribution < -0.4 is 5.32 Å². The van der Waals surface area contributed by atoms with Crippen molar-refractivity contribution in [1.82, 2.24) is 19.8 Å². The first kappa shape index (κ1) is 17.0. The van der Waals surface area contributed by atoms with Gasteiger partial charge < -0.3 is 10.1 Å². The summed E-state index contributed by atoms with van der Waals surface area (Å²) in [5.74, 6) is 0.0260. The molecule has 0 saturated carbocycles. The first-order valence-electron chi connectivity index (χ1n) is 8.81. The average molecular weight is 361 g/mol. The minimum atomic E-state index is -0.514. The number of hydrogen-bond acceptors (Lipinski definition) is 6. The van der Waals surface area contributed by atoms with E-state index in [1.807, 2.05) is 61.5 Å². The highest BCUT2D eigenvalue weighted by Gasteiger charge is 2.23. The summed E-state index contributed by atoms with van der Waals surface area (Å²) < 4.78 is 6.77. The number of fused-ring (bicyclic) bond motifs is 3. The Morgan fingerprint density at radius 1 is 1.15 bits per heavy atom. The van der Waals surface area contributed by atoms with E-state index in [-0.39, 0.29) is 18.3 Å². The van der Waals surface area contributed by atoms with Gasteiger partial charge in [0, 0.05) is 0 Å². The van der Waals surface area contributed by atoms with E-state index in [9.17, 15) is 4.79 Å². The van der Waals surface area contributed by atoms with Gasteiger partial charge >= 0.3 is 5.97 Å². The first-order chi connectivity index (χ1) is 13.2. The Balaban J connectivity index is 1.88. The molecule has 0 amide bonds. The number of para-hydroxylation sites is 2. The highest BCUT2D eigenvalue weighted by molar-refractivity contribution is 6.00. The molecule has 136 valence electrons. The van der Waals surface area contributed by atoms with Gasteiger partial charge in [-0.15, -0.1) is 5.10 Å². The lowest BCUT2D eigenvalue weighted by atomic mass is 10.1. The summed E-state index contributed by atoms with van der Waals surface area (Å²) in [6.07, 6.45) is 0. The summed E-state index contributed by atoms with van der Waals surface area (Å²) >= 11 is 0. The highest BCUT2D eigenvalue weighted by Crippen LogP contribution is 2.27. The van der Waals surface area contributed by atoms with Crippen molar-refractivity contribution in [2.75, 3.05) is 11.9 Å². The number of ether oxygens (including phenoxy) is 1.